The van der Waals surface area contributed by atoms with E-state index in [4.69, 9.17) is 0 Å². The van der Waals surface area contributed by atoms with Crippen LogP contribution in [0.5, 0.6) is 0 Å². The van der Waals surface area contributed by atoms with Gasteiger partial charge in [0.1, 0.15) is 0 Å². The van der Waals surface area contributed by atoms with Gasteiger partial charge >= 0.3 is 0 Å². The molecule has 0 aromatic heterocycles. The fourth-order valence-electron chi connectivity index (χ4n) is 4.04. The van der Waals surface area contributed by atoms with E-state index in [2.05, 4.69) is 0 Å². The highest BCUT2D eigenvalue weighted by atomic mass is 16.3. The second kappa shape index (κ2) is 4.01. The first kappa shape index (κ1) is 13.5. The van der Waals surface area contributed by atoms with E-state index in [1.54, 1.807) is 6.08 Å². The van der Waals surface area contributed by atoms with E-state index < -0.39 is 23.3 Å². The fourth-order valence-corrected chi connectivity index (χ4v) is 4.04. The Balaban J connectivity index is 2.17. The lowest BCUT2D eigenvalue weighted by atomic mass is 9.67. The molecular weight excluding hydrogens is 258 g/mol. The van der Waals surface area contributed by atoms with Crippen molar-refractivity contribution in [2.24, 2.45) is 29.6 Å². The summed E-state index contributed by atoms with van der Waals surface area (Å²) < 4.78 is 0. The smallest absolute Gasteiger partial charge is 0.236 e. The van der Waals surface area contributed by atoms with Crippen molar-refractivity contribution in [3.8, 4) is 0 Å². The van der Waals surface area contributed by atoms with Crippen LogP contribution in [-0.4, -0.2) is 40.3 Å². The number of Topliss-reactive ketones (excluding diaryl/α,β-unsaturated/α-hetero) is 1. The van der Waals surface area contributed by atoms with Crippen molar-refractivity contribution in [1.29, 1.82) is 0 Å². The van der Waals surface area contributed by atoms with Gasteiger partial charge in [0.2, 0.25) is 11.8 Å². The quantitative estimate of drug-likeness (QED) is 0.555. The zero-order valence-electron chi connectivity index (χ0n) is 11.9. The highest BCUT2D eigenvalue weighted by Crippen LogP contribution is 2.51. The summed E-state index contributed by atoms with van der Waals surface area (Å²) >= 11 is 0. The van der Waals surface area contributed by atoms with Gasteiger partial charge in [-0.15, -0.1) is 0 Å². The molecule has 0 radical (unpaired) electrons. The predicted molar refractivity (Wildman–Crippen MR) is 70.3 cm³/mol. The molecule has 2 bridgehead atoms. The molecule has 3 aliphatic carbocycles. The lowest BCUT2D eigenvalue weighted by molar-refractivity contribution is -0.147. The molecule has 0 aromatic rings. The number of likely N-dealkylation sites (tertiary alicyclic amines) is 1. The van der Waals surface area contributed by atoms with E-state index in [-0.39, 0.29) is 35.9 Å². The van der Waals surface area contributed by atoms with E-state index in [0.29, 0.717) is 0 Å². The predicted octanol–water partition coefficient (Wildman–Crippen LogP) is 0.379. The van der Waals surface area contributed by atoms with E-state index in [9.17, 15) is 19.5 Å². The van der Waals surface area contributed by atoms with Crippen LogP contribution >= 0.6 is 0 Å². The van der Waals surface area contributed by atoms with E-state index >= 15 is 0 Å². The first-order valence-electron chi connectivity index (χ1n) is 7.05. The third-order valence-electron chi connectivity index (χ3n) is 5.25. The van der Waals surface area contributed by atoms with Crippen LogP contribution in [0.1, 0.15) is 20.3 Å². The average molecular weight is 277 g/mol. The molecule has 1 N–H and O–H groups in total. The minimum absolute atomic E-state index is 0.00831. The number of allylic oxidation sites excluding steroid dienone is 1. The Labute approximate surface area is 117 Å². The molecule has 4 aliphatic rings. The van der Waals surface area contributed by atoms with Gasteiger partial charge in [-0.25, -0.2) is 0 Å². The normalized spacial score (nSPS) is 43.5. The number of rotatable bonds is 1. The maximum absolute atomic E-state index is 12.4. The second-order valence-electron chi connectivity index (χ2n) is 6.54. The SMILES string of the molecule is CC(C)C1CC(=O)[C@@]2(O)C=C[C@@H]1[C@@H]1C(=O)N(C)C(=O)[C@@H]12. The summed E-state index contributed by atoms with van der Waals surface area (Å²) in [6.45, 7) is 4.02. The van der Waals surface area contributed by atoms with Crippen molar-refractivity contribution < 1.29 is 19.5 Å². The van der Waals surface area contributed by atoms with Gasteiger partial charge in [0.15, 0.2) is 11.4 Å². The van der Waals surface area contributed by atoms with Gasteiger partial charge in [-0.3, -0.25) is 19.3 Å². The maximum atomic E-state index is 12.4. The first-order valence-corrected chi connectivity index (χ1v) is 7.05. The highest BCUT2D eigenvalue weighted by Gasteiger charge is 2.64. The summed E-state index contributed by atoms with van der Waals surface area (Å²) in [4.78, 5) is 38.1. The monoisotopic (exact) mass is 277 g/mol. The van der Waals surface area contributed by atoms with Gasteiger partial charge in [0.05, 0.1) is 11.8 Å². The molecule has 2 amide bonds. The van der Waals surface area contributed by atoms with Gasteiger partial charge in [-0.05, 0) is 23.8 Å². The van der Waals surface area contributed by atoms with Crippen LogP contribution in [0.3, 0.4) is 0 Å². The summed E-state index contributed by atoms with van der Waals surface area (Å²) in [5.41, 5.74) is -1.80. The largest absolute Gasteiger partial charge is 0.377 e. The minimum Gasteiger partial charge on any atom is -0.377 e. The van der Waals surface area contributed by atoms with Gasteiger partial charge in [-0.2, -0.15) is 0 Å². The summed E-state index contributed by atoms with van der Waals surface area (Å²) in [5, 5.41) is 10.7. The number of hydrogen-bond donors (Lipinski definition) is 1. The van der Waals surface area contributed by atoms with Crippen LogP contribution in [0.15, 0.2) is 12.2 Å². The Morgan fingerprint density at radius 1 is 1.30 bits per heavy atom. The lowest BCUT2D eigenvalue weighted by Gasteiger charge is -2.35. The number of hydrogen-bond acceptors (Lipinski definition) is 4. The number of carbonyl (C=O) groups excluding carboxylic acids is 3. The Bertz CT molecular complexity index is 538. The molecule has 5 atom stereocenters. The van der Waals surface area contributed by atoms with Crippen molar-refractivity contribution in [3.63, 3.8) is 0 Å². The Morgan fingerprint density at radius 3 is 2.55 bits per heavy atom. The summed E-state index contributed by atoms with van der Waals surface area (Å²) in [6.07, 6.45) is 3.46. The number of imide groups is 1. The lowest BCUT2D eigenvalue weighted by Crippen LogP contribution is -2.50. The zero-order valence-corrected chi connectivity index (χ0v) is 11.9. The standard InChI is InChI=1S/C15H19NO4/c1-7(2)9-6-10(17)15(20)5-4-8(9)11-12(15)14(19)16(3)13(11)18/h4-5,7-9,11-12,20H,6H2,1-3H3/t8-,9?,11-,12+,15-/m0/s1. The van der Waals surface area contributed by atoms with Gasteiger partial charge in [0, 0.05) is 13.5 Å². The van der Waals surface area contributed by atoms with Gasteiger partial charge < -0.3 is 5.11 Å². The van der Waals surface area contributed by atoms with Crippen molar-refractivity contribution in [3.05, 3.63) is 12.2 Å². The summed E-state index contributed by atoms with van der Waals surface area (Å²) in [7, 11) is 1.43. The molecule has 1 aliphatic heterocycles. The molecule has 1 saturated heterocycles. The molecule has 108 valence electrons. The average Bonchev–Trinajstić information content (AvgIpc) is 2.52. The number of amides is 2. The Kier molecular flexibility index (Phi) is 2.70. The Morgan fingerprint density at radius 2 is 1.95 bits per heavy atom. The minimum atomic E-state index is -1.80. The van der Waals surface area contributed by atoms with Crippen LogP contribution in [0.2, 0.25) is 0 Å². The van der Waals surface area contributed by atoms with Crippen molar-refractivity contribution in [1.82, 2.24) is 4.90 Å². The number of aliphatic hydroxyl groups is 1. The van der Waals surface area contributed by atoms with Crippen LogP contribution < -0.4 is 0 Å². The van der Waals surface area contributed by atoms with Crippen LogP contribution in [-0.2, 0) is 14.4 Å². The van der Waals surface area contributed by atoms with Gasteiger partial charge in [0.25, 0.3) is 0 Å². The maximum Gasteiger partial charge on any atom is 0.236 e. The summed E-state index contributed by atoms with van der Waals surface area (Å²) in [5.74, 6) is -2.52. The molecule has 1 saturated carbocycles. The van der Waals surface area contributed by atoms with Crippen LogP contribution in [0.4, 0.5) is 0 Å². The molecule has 20 heavy (non-hydrogen) atoms. The van der Waals surface area contributed by atoms with Gasteiger partial charge in [-0.1, -0.05) is 19.9 Å². The second-order valence-corrected chi connectivity index (χ2v) is 6.54. The number of ketones is 1. The van der Waals surface area contributed by atoms with Crippen molar-refractivity contribution in [2.45, 2.75) is 25.9 Å². The van der Waals surface area contributed by atoms with Crippen molar-refractivity contribution >= 4 is 17.6 Å². The molecule has 0 spiro atoms. The van der Waals surface area contributed by atoms with Crippen LogP contribution in [0, 0.1) is 29.6 Å². The highest BCUT2D eigenvalue weighted by molar-refractivity contribution is 6.10. The zero-order chi connectivity index (χ0) is 14.8. The number of fused-ring (bicyclic) bond motifs is 2. The molecule has 0 aromatic carbocycles. The molecular formula is C15H19NO4. The summed E-state index contributed by atoms with van der Waals surface area (Å²) in [6, 6.07) is 0. The number of carbonyl (C=O) groups is 3. The third kappa shape index (κ3) is 1.44. The first-order chi connectivity index (χ1) is 9.29. The van der Waals surface area contributed by atoms with E-state index in [1.165, 1.54) is 13.1 Å². The number of nitrogens with zero attached hydrogens (tertiary/aromatic N) is 1. The Hall–Kier alpha value is -1.49. The molecule has 4 rings (SSSR count). The van der Waals surface area contributed by atoms with E-state index in [1.807, 2.05) is 13.8 Å². The fraction of sp³-hybridized carbons (Fsp3) is 0.667. The molecule has 5 nitrogen and oxygen atoms in total. The topological polar surface area (TPSA) is 74.7 Å². The van der Waals surface area contributed by atoms with Crippen LogP contribution in [0.25, 0.3) is 0 Å². The van der Waals surface area contributed by atoms with Crippen molar-refractivity contribution in [2.75, 3.05) is 7.05 Å². The molecule has 1 heterocycles. The molecule has 2 fully saturated rings. The third-order valence-corrected chi connectivity index (χ3v) is 5.25. The molecule has 5 heteroatoms. The van der Waals surface area contributed by atoms with E-state index in [0.717, 1.165) is 4.90 Å². The molecule has 1 unspecified atom stereocenters.